The number of benzene rings is 1. The van der Waals surface area contributed by atoms with Crippen molar-refractivity contribution in [2.45, 2.75) is 6.04 Å². The van der Waals surface area contributed by atoms with Crippen molar-refractivity contribution in [3.63, 3.8) is 0 Å². The second-order valence-corrected chi connectivity index (χ2v) is 3.26. The van der Waals surface area contributed by atoms with Crippen LogP contribution in [0.25, 0.3) is 5.57 Å². The van der Waals surface area contributed by atoms with Gasteiger partial charge in [-0.05, 0) is 12.1 Å². The number of hydrogen-bond donors (Lipinski definition) is 2. The quantitative estimate of drug-likeness (QED) is 0.756. The molecule has 76 valence electrons. The van der Waals surface area contributed by atoms with Gasteiger partial charge in [-0.25, -0.2) is 0 Å². The minimum Gasteiger partial charge on any atom is -0.480 e. The highest BCUT2D eigenvalue weighted by Gasteiger charge is 2.14. The van der Waals surface area contributed by atoms with E-state index in [2.05, 4.69) is 4.99 Å². The summed E-state index contributed by atoms with van der Waals surface area (Å²) in [7, 11) is 0. The number of para-hydroxylation sites is 1. The molecule has 1 aliphatic rings. The third-order valence-electron chi connectivity index (χ3n) is 2.20. The Labute approximate surface area is 86.8 Å². The molecule has 1 aliphatic heterocycles. The van der Waals surface area contributed by atoms with Crippen molar-refractivity contribution < 1.29 is 9.90 Å². The van der Waals surface area contributed by atoms with E-state index in [1.807, 2.05) is 24.3 Å². The zero-order valence-electron chi connectivity index (χ0n) is 7.92. The van der Waals surface area contributed by atoms with Crippen molar-refractivity contribution in [2.75, 3.05) is 0 Å². The van der Waals surface area contributed by atoms with Crippen LogP contribution in [0.15, 0.2) is 35.3 Å². The molecule has 1 aromatic carbocycles. The van der Waals surface area contributed by atoms with Gasteiger partial charge in [-0.1, -0.05) is 18.2 Å². The molecule has 0 fully saturated rings. The fraction of sp³-hybridized carbons (Fsp3) is 0.0909. The Kier molecular flexibility index (Phi) is 2.35. The first-order valence-electron chi connectivity index (χ1n) is 4.52. The van der Waals surface area contributed by atoms with E-state index in [9.17, 15) is 4.79 Å². The van der Waals surface area contributed by atoms with E-state index < -0.39 is 12.0 Å². The second-order valence-electron chi connectivity index (χ2n) is 3.26. The smallest absolute Gasteiger partial charge is 0.324 e. The first kappa shape index (κ1) is 9.61. The molecule has 4 nitrogen and oxygen atoms in total. The Morgan fingerprint density at radius 2 is 2.20 bits per heavy atom. The third kappa shape index (κ3) is 1.80. The number of allylic oxidation sites excluding steroid dienone is 1. The molecule has 2 rings (SSSR count). The molecule has 1 atom stereocenters. The Balaban J connectivity index is 2.36. The molecule has 4 heteroatoms. The summed E-state index contributed by atoms with van der Waals surface area (Å²) in [6.45, 7) is 0. The number of aliphatic carboxylic acids is 1. The van der Waals surface area contributed by atoms with Crippen LogP contribution < -0.4 is 5.73 Å². The van der Waals surface area contributed by atoms with E-state index in [4.69, 9.17) is 10.8 Å². The number of aliphatic imine (C=N–C) groups is 1. The monoisotopic (exact) mass is 202 g/mol. The highest BCUT2D eigenvalue weighted by atomic mass is 16.4. The van der Waals surface area contributed by atoms with Crippen LogP contribution in [0, 0.1) is 0 Å². The van der Waals surface area contributed by atoms with Crippen molar-refractivity contribution in [1.29, 1.82) is 0 Å². The summed E-state index contributed by atoms with van der Waals surface area (Å²) < 4.78 is 0. The van der Waals surface area contributed by atoms with Crippen LogP contribution >= 0.6 is 0 Å². The van der Waals surface area contributed by atoms with Crippen LogP contribution in [0.2, 0.25) is 0 Å². The highest BCUT2D eigenvalue weighted by Crippen LogP contribution is 2.30. The summed E-state index contributed by atoms with van der Waals surface area (Å²) >= 11 is 0. The first-order chi connectivity index (χ1) is 7.18. The maximum atomic E-state index is 10.6. The number of fused-ring (bicyclic) bond motifs is 1. The standard InChI is InChI=1S/C11H10N2O2/c12-9(11(14)15)5-7-6-13-10-4-2-1-3-8(7)10/h1-6,9H,12H2,(H,14,15). The number of hydrogen-bond acceptors (Lipinski definition) is 3. The van der Waals surface area contributed by atoms with Crippen LogP contribution in [-0.2, 0) is 4.79 Å². The Hall–Kier alpha value is -1.94. The molecule has 0 saturated heterocycles. The molecular formula is C11H10N2O2. The van der Waals surface area contributed by atoms with Gasteiger partial charge in [0.05, 0.1) is 5.69 Å². The summed E-state index contributed by atoms with van der Waals surface area (Å²) in [5.41, 5.74) is 7.95. The molecule has 0 bridgehead atoms. The Bertz CT molecular complexity index is 463. The maximum absolute atomic E-state index is 10.6. The lowest BCUT2D eigenvalue weighted by atomic mass is 10.1. The van der Waals surface area contributed by atoms with Crippen molar-refractivity contribution in [1.82, 2.24) is 0 Å². The second kappa shape index (κ2) is 3.67. The SMILES string of the molecule is NC(C=C1C=Nc2ccccc21)C(=O)O. The Morgan fingerprint density at radius 1 is 1.47 bits per heavy atom. The predicted molar refractivity (Wildman–Crippen MR) is 58.2 cm³/mol. The van der Waals surface area contributed by atoms with Crippen molar-refractivity contribution in [3.8, 4) is 0 Å². The van der Waals surface area contributed by atoms with Gasteiger partial charge < -0.3 is 10.8 Å². The fourth-order valence-corrected chi connectivity index (χ4v) is 1.44. The van der Waals surface area contributed by atoms with E-state index in [0.717, 1.165) is 16.8 Å². The van der Waals surface area contributed by atoms with Gasteiger partial charge in [0.25, 0.3) is 0 Å². The molecule has 3 N–H and O–H groups in total. The molecule has 0 radical (unpaired) electrons. The van der Waals surface area contributed by atoms with Crippen molar-refractivity contribution >= 4 is 23.4 Å². The average Bonchev–Trinajstić information content (AvgIpc) is 2.62. The van der Waals surface area contributed by atoms with Gasteiger partial charge in [-0.15, -0.1) is 0 Å². The molecule has 1 aromatic rings. The first-order valence-corrected chi connectivity index (χ1v) is 4.52. The van der Waals surface area contributed by atoms with E-state index >= 15 is 0 Å². The lowest BCUT2D eigenvalue weighted by molar-refractivity contribution is -0.137. The number of nitrogens with two attached hydrogens (primary N) is 1. The van der Waals surface area contributed by atoms with Crippen LogP contribution in [0.3, 0.4) is 0 Å². The number of carboxylic acids is 1. The minimum atomic E-state index is -1.04. The van der Waals surface area contributed by atoms with Gasteiger partial charge in [0.2, 0.25) is 0 Å². The molecule has 1 heterocycles. The van der Waals surface area contributed by atoms with E-state index in [1.54, 1.807) is 6.21 Å². The van der Waals surface area contributed by atoms with Gasteiger partial charge in [0, 0.05) is 17.4 Å². The minimum absolute atomic E-state index is 0.764. The third-order valence-corrected chi connectivity index (χ3v) is 2.20. The predicted octanol–water partition coefficient (Wildman–Crippen LogP) is 1.20. The van der Waals surface area contributed by atoms with Gasteiger partial charge in [0.15, 0.2) is 0 Å². The van der Waals surface area contributed by atoms with Crippen molar-refractivity contribution in [2.24, 2.45) is 10.7 Å². The van der Waals surface area contributed by atoms with E-state index in [0.29, 0.717) is 0 Å². The van der Waals surface area contributed by atoms with Gasteiger partial charge in [0.1, 0.15) is 6.04 Å². The van der Waals surface area contributed by atoms with E-state index in [-0.39, 0.29) is 0 Å². The average molecular weight is 202 g/mol. The zero-order chi connectivity index (χ0) is 10.8. The summed E-state index contributed by atoms with van der Waals surface area (Å²) in [6.07, 6.45) is 3.13. The van der Waals surface area contributed by atoms with Gasteiger partial charge >= 0.3 is 5.97 Å². The fourth-order valence-electron chi connectivity index (χ4n) is 1.44. The van der Waals surface area contributed by atoms with Crippen LogP contribution in [-0.4, -0.2) is 23.3 Å². The number of carboxylic acid groups (broad SMARTS) is 1. The van der Waals surface area contributed by atoms with Crippen LogP contribution in [0.5, 0.6) is 0 Å². The molecule has 0 aliphatic carbocycles. The zero-order valence-corrected chi connectivity index (χ0v) is 7.92. The summed E-state index contributed by atoms with van der Waals surface area (Å²) in [5, 5.41) is 8.68. The summed E-state index contributed by atoms with van der Waals surface area (Å²) in [6, 6.07) is 6.54. The van der Waals surface area contributed by atoms with Crippen LogP contribution in [0.1, 0.15) is 5.56 Å². The number of carbonyl (C=O) groups is 1. The molecule has 0 aromatic heterocycles. The molecule has 0 amide bonds. The van der Waals surface area contributed by atoms with Crippen molar-refractivity contribution in [3.05, 3.63) is 35.9 Å². The lowest BCUT2D eigenvalue weighted by Gasteiger charge is -2.02. The maximum Gasteiger partial charge on any atom is 0.324 e. The number of nitrogens with zero attached hydrogens (tertiary/aromatic N) is 1. The highest BCUT2D eigenvalue weighted by molar-refractivity contribution is 6.17. The molecule has 1 unspecified atom stereocenters. The summed E-state index contributed by atoms with van der Waals surface area (Å²) in [5.74, 6) is -1.04. The van der Waals surface area contributed by atoms with Gasteiger partial charge in [-0.3, -0.25) is 9.79 Å². The number of rotatable bonds is 2. The largest absolute Gasteiger partial charge is 0.480 e. The molecule has 0 spiro atoms. The molecule has 0 saturated carbocycles. The topological polar surface area (TPSA) is 75.7 Å². The van der Waals surface area contributed by atoms with E-state index in [1.165, 1.54) is 6.08 Å². The van der Waals surface area contributed by atoms with Gasteiger partial charge in [-0.2, -0.15) is 0 Å². The summed E-state index contributed by atoms with van der Waals surface area (Å²) in [4.78, 5) is 14.7. The molecule has 15 heavy (non-hydrogen) atoms. The normalized spacial score (nSPS) is 17.8. The Morgan fingerprint density at radius 3 is 2.93 bits per heavy atom. The van der Waals surface area contributed by atoms with Crippen LogP contribution in [0.4, 0.5) is 5.69 Å². The lowest BCUT2D eigenvalue weighted by Crippen LogP contribution is -2.27. The molecular weight excluding hydrogens is 192 g/mol.